The van der Waals surface area contributed by atoms with Gasteiger partial charge in [0.25, 0.3) is 5.91 Å². The molecule has 3 rings (SSSR count). The Morgan fingerprint density at radius 3 is 2.43 bits per heavy atom. The van der Waals surface area contributed by atoms with Crippen LogP contribution in [0.25, 0.3) is 0 Å². The first-order valence-corrected chi connectivity index (χ1v) is 8.56. The lowest BCUT2D eigenvalue weighted by Gasteiger charge is -2.34. The number of aryl methyl sites for hydroxylation is 1. The van der Waals surface area contributed by atoms with Crippen molar-refractivity contribution in [2.45, 2.75) is 13.5 Å². The van der Waals surface area contributed by atoms with Crippen molar-refractivity contribution in [3.8, 4) is 0 Å². The van der Waals surface area contributed by atoms with Crippen LogP contribution in [0.3, 0.4) is 0 Å². The summed E-state index contributed by atoms with van der Waals surface area (Å²) in [5.41, 5.74) is 1.78. The molecule has 0 bridgehead atoms. The zero-order chi connectivity index (χ0) is 15.5. The molecule has 0 saturated carbocycles. The number of aromatic nitrogens is 1. The number of amides is 1. The number of carbonyl (C=O) groups excluding carboxylic acids is 1. The minimum absolute atomic E-state index is 0. The van der Waals surface area contributed by atoms with Crippen LogP contribution in [0.5, 0.6) is 0 Å². The van der Waals surface area contributed by atoms with E-state index in [1.807, 2.05) is 11.8 Å². The standard InChI is InChI=1S/C16H18ClN3OS.ClH/c1-12-11-22-15(18-12)10-19-6-8-20(9-7-19)16(21)13-2-4-14(17)5-3-13;/h2-5,11H,6-10H2,1H3;1H. The molecule has 2 heterocycles. The van der Waals surface area contributed by atoms with Crippen molar-refractivity contribution in [1.29, 1.82) is 0 Å². The zero-order valence-electron chi connectivity index (χ0n) is 12.9. The fourth-order valence-electron chi connectivity index (χ4n) is 2.55. The minimum Gasteiger partial charge on any atom is -0.336 e. The van der Waals surface area contributed by atoms with Gasteiger partial charge in [0.2, 0.25) is 0 Å². The van der Waals surface area contributed by atoms with Crippen LogP contribution in [-0.2, 0) is 6.54 Å². The van der Waals surface area contributed by atoms with Crippen molar-refractivity contribution >= 4 is 41.3 Å². The maximum atomic E-state index is 12.4. The lowest BCUT2D eigenvalue weighted by molar-refractivity contribution is 0.0628. The van der Waals surface area contributed by atoms with Gasteiger partial charge in [-0.15, -0.1) is 23.7 Å². The number of thiazole rings is 1. The van der Waals surface area contributed by atoms with E-state index in [9.17, 15) is 4.79 Å². The third-order valence-electron chi connectivity index (χ3n) is 3.78. The zero-order valence-corrected chi connectivity index (χ0v) is 15.3. The van der Waals surface area contributed by atoms with Crippen molar-refractivity contribution in [3.63, 3.8) is 0 Å². The minimum atomic E-state index is 0. The molecular weight excluding hydrogens is 353 g/mol. The number of carbonyl (C=O) groups is 1. The summed E-state index contributed by atoms with van der Waals surface area (Å²) in [6.07, 6.45) is 0. The Morgan fingerprint density at radius 1 is 1.22 bits per heavy atom. The van der Waals surface area contributed by atoms with Crippen LogP contribution in [0, 0.1) is 6.92 Å². The molecule has 1 amide bonds. The van der Waals surface area contributed by atoms with Gasteiger partial charge >= 0.3 is 0 Å². The summed E-state index contributed by atoms with van der Waals surface area (Å²) >= 11 is 7.57. The normalized spacial score (nSPS) is 15.3. The number of halogens is 2. The van der Waals surface area contributed by atoms with Gasteiger partial charge in [-0.1, -0.05) is 11.6 Å². The second-order valence-corrected chi connectivity index (χ2v) is 6.84. The fraction of sp³-hybridized carbons (Fsp3) is 0.375. The van der Waals surface area contributed by atoms with Crippen molar-refractivity contribution in [2.24, 2.45) is 0 Å². The van der Waals surface area contributed by atoms with Gasteiger partial charge in [-0.25, -0.2) is 4.98 Å². The van der Waals surface area contributed by atoms with Crippen molar-refractivity contribution < 1.29 is 4.79 Å². The van der Waals surface area contributed by atoms with E-state index in [0.29, 0.717) is 10.6 Å². The lowest BCUT2D eigenvalue weighted by Crippen LogP contribution is -2.48. The van der Waals surface area contributed by atoms with Gasteiger partial charge < -0.3 is 4.90 Å². The Kier molecular flexibility index (Phi) is 6.41. The lowest BCUT2D eigenvalue weighted by atomic mass is 10.2. The number of benzene rings is 1. The summed E-state index contributed by atoms with van der Waals surface area (Å²) in [4.78, 5) is 21.2. The third-order valence-corrected chi connectivity index (χ3v) is 4.98. The molecule has 1 aromatic carbocycles. The molecule has 1 fully saturated rings. The molecule has 0 atom stereocenters. The number of rotatable bonds is 3. The average Bonchev–Trinajstić information content (AvgIpc) is 2.93. The van der Waals surface area contributed by atoms with Gasteiger partial charge in [0.15, 0.2) is 0 Å². The molecule has 0 spiro atoms. The molecule has 0 N–H and O–H groups in total. The fourth-order valence-corrected chi connectivity index (χ4v) is 3.49. The molecule has 1 aliphatic rings. The topological polar surface area (TPSA) is 36.4 Å². The van der Waals surface area contributed by atoms with E-state index >= 15 is 0 Å². The first-order chi connectivity index (χ1) is 10.6. The van der Waals surface area contributed by atoms with E-state index in [1.54, 1.807) is 35.6 Å². The highest BCUT2D eigenvalue weighted by atomic mass is 35.5. The van der Waals surface area contributed by atoms with E-state index in [1.165, 1.54) is 0 Å². The van der Waals surface area contributed by atoms with Crippen LogP contribution < -0.4 is 0 Å². The van der Waals surface area contributed by atoms with Crippen LogP contribution in [0.1, 0.15) is 21.1 Å². The first-order valence-electron chi connectivity index (χ1n) is 7.30. The van der Waals surface area contributed by atoms with Gasteiger partial charge in [-0.3, -0.25) is 9.69 Å². The molecule has 23 heavy (non-hydrogen) atoms. The molecule has 124 valence electrons. The largest absolute Gasteiger partial charge is 0.336 e. The predicted molar refractivity (Wildman–Crippen MR) is 96.7 cm³/mol. The Bertz CT molecular complexity index is 652. The molecule has 1 aliphatic heterocycles. The van der Waals surface area contributed by atoms with Gasteiger partial charge in [0, 0.05) is 47.8 Å². The summed E-state index contributed by atoms with van der Waals surface area (Å²) in [5.74, 6) is 0.0846. The first kappa shape index (κ1) is 18.2. The average molecular weight is 372 g/mol. The quantitative estimate of drug-likeness (QED) is 0.828. The van der Waals surface area contributed by atoms with Crippen LogP contribution in [-0.4, -0.2) is 46.9 Å². The number of piperazine rings is 1. The summed E-state index contributed by atoms with van der Waals surface area (Å²) < 4.78 is 0. The highest BCUT2D eigenvalue weighted by molar-refractivity contribution is 7.09. The second kappa shape index (κ2) is 8.11. The molecule has 4 nitrogen and oxygen atoms in total. The summed E-state index contributed by atoms with van der Waals surface area (Å²) in [5, 5.41) is 3.88. The Labute approximate surface area is 151 Å². The van der Waals surface area contributed by atoms with Crippen LogP contribution >= 0.6 is 35.3 Å². The Balaban J connectivity index is 0.00000192. The molecule has 2 aromatic rings. The summed E-state index contributed by atoms with van der Waals surface area (Å²) in [7, 11) is 0. The van der Waals surface area contributed by atoms with Crippen molar-refractivity contribution in [3.05, 3.63) is 50.9 Å². The Hall–Kier alpha value is -1.14. The van der Waals surface area contributed by atoms with Gasteiger partial charge in [0.05, 0.1) is 6.54 Å². The highest BCUT2D eigenvalue weighted by Crippen LogP contribution is 2.15. The van der Waals surface area contributed by atoms with Crippen LogP contribution in [0.2, 0.25) is 5.02 Å². The van der Waals surface area contributed by atoms with E-state index in [-0.39, 0.29) is 18.3 Å². The number of nitrogens with zero attached hydrogens (tertiary/aromatic N) is 3. The second-order valence-electron chi connectivity index (χ2n) is 5.46. The maximum Gasteiger partial charge on any atom is 0.253 e. The molecular formula is C16H19Cl2N3OS. The van der Waals surface area contributed by atoms with E-state index < -0.39 is 0 Å². The van der Waals surface area contributed by atoms with Gasteiger partial charge in [-0.05, 0) is 31.2 Å². The smallest absolute Gasteiger partial charge is 0.253 e. The molecule has 1 aromatic heterocycles. The third kappa shape index (κ3) is 4.67. The SMILES string of the molecule is Cc1csc(CN2CCN(C(=O)c3ccc(Cl)cc3)CC2)n1.Cl. The molecule has 0 unspecified atom stereocenters. The molecule has 7 heteroatoms. The van der Waals surface area contributed by atoms with E-state index in [2.05, 4.69) is 15.3 Å². The summed E-state index contributed by atoms with van der Waals surface area (Å²) in [6.45, 7) is 6.18. The number of hydrogen-bond donors (Lipinski definition) is 0. The summed E-state index contributed by atoms with van der Waals surface area (Å²) in [6, 6.07) is 7.09. The van der Waals surface area contributed by atoms with Crippen molar-refractivity contribution in [2.75, 3.05) is 26.2 Å². The van der Waals surface area contributed by atoms with Gasteiger partial charge in [-0.2, -0.15) is 0 Å². The number of hydrogen-bond acceptors (Lipinski definition) is 4. The van der Waals surface area contributed by atoms with Crippen LogP contribution in [0.15, 0.2) is 29.6 Å². The van der Waals surface area contributed by atoms with E-state index in [0.717, 1.165) is 43.4 Å². The molecule has 1 saturated heterocycles. The van der Waals surface area contributed by atoms with E-state index in [4.69, 9.17) is 11.6 Å². The molecule has 0 aliphatic carbocycles. The highest BCUT2D eigenvalue weighted by Gasteiger charge is 2.22. The van der Waals surface area contributed by atoms with Crippen molar-refractivity contribution in [1.82, 2.24) is 14.8 Å². The van der Waals surface area contributed by atoms with Crippen LogP contribution in [0.4, 0.5) is 0 Å². The predicted octanol–water partition coefficient (Wildman–Crippen LogP) is 3.48. The van der Waals surface area contributed by atoms with Gasteiger partial charge in [0.1, 0.15) is 5.01 Å². The monoisotopic (exact) mass is 371 g/mol. The maximum absolute atomic E-state index is 12.4. The molecule has 0 radical (unpaired) electrons. The Morgan fingerprint density at radius 2 is 1.87 bits per heavy atom.